The van der Waals surface area contributed by atoms with Crippen LogP contribution in [-0.4, -0.2) is 5.91 Å². The van der Waals surface area contributed by atoms with E-state index < -0.39 is 0 Å². The van der Waals surface area contributed by atoms with Crippen LogP contribution in [0.15, 0.2) is 35.7 Å². The molecule has 17 heavy (non-hydrogen) atoms. The standard InChI is InChI=1S/C12H7ClN2OS/c13-9-5-11(17-7-9)12(16)15-10-3-1-2-8(4-10)6-14/h1-5,7H,(H,15,16). The maximum absolute atomic E-state index is 11.8. The lowest BCUT2D eigenvalue weighted by Crippen LogP contribution is -2.09. The van der Waals surface area contributed by atoms with Crippen molar-refractivity contribution in [2.75, 3.05) is 5.32 Å². The Kier molecular flexibility index (Phi) is 3.43. The molecule has 0 unspecified atom stereocenters. The van der Waals surface area contributed by atoms with Crippen molar-refractivity contribution in [2.24, 2.45) is 0 Å². The van der Waals surface area contributed by atoms with E-state index >= 15 is 0 Å². The number of amides is 1. The monoisotopic (exact) mass is 262 g/mol. The van der Waals surface area contributed by atoms with Gasteiger partial charge in [0.15, 0.2) is 0 Å². The Balaban J connectivity index is 2.16. The number of rotatable bonds is 2. The van der Waals surface area contributed by atoms with Crippen LogP contribution in [-0.2, 0) is 0 Å². The molecule has 0 aliphatic carbocycles. The van der Waals surface area contributed by atoms with Crippen LogP contribution in [0.5, 0.6) is 0 Å². The van der Waals surface area contributed by atoms with Crippen molar-refractivity contribution in [2.45, 2.75) is 0 Å². The van der Waals surface area contributed by atoms with Gasteiger partial charge >= 0.3 is 0 Å². The summed E-state index contributed by atoms with van der Waals surface area (Å²) in [4.78, 5) is 12.3. The third-order valence-corrected chi connectivity index (χ3v) is 3.32. The second kappa shape index (κ2) is 5.00. The van der Waals surface area contributed by atoms with Gasteiger partial charge in [0.2, 0.25) is 0 Å². The first kappa shape index (κ1) is 11.6. The highest BCUT2D eigenvalue weighted by molar-refractivity contribution is 7.12. The van der Waals surface area contributed by atoms with Crippen LogP contribution in [0.25, 0.3) is 0 Å². The number of hydrogen-bond donors (Lipinski definition) is 1. The molecular weight excluding hydrogens is 256 g/mol. The first-order valence-electron chi connectivity index (χ1n) is 4.74. The van der Waals surface area contributed by atoms with Gasteiger partial charge in [-0.2, -0.15) is 5.26 Å². The average Bonchev–Trinajstić information content (AvgIpc) is 2.76. The van der Waals surface area contributed by atoms with E-state index in [1.165, 1.54) is 11.3 Å². The van der Waals surface area contributed by atoms with Gasteiger partial charge < -0.3 is 5.32 Å². The summed E-state index contributed by atoms with van der Waals surface area (Å²) in [6.45, 7) is 0. The van der Waals surface area contributed by atoms with Crippen LogP contribution in [0.2, 0.25) is 5.02 Å². The molecule has 0 saturated heterocycles. The predicted molar refractivity (Wildman–Crippen MR) is 68.4 cm³/mol. The van der Waals surface area contributed by atoms with Gasteiger partial charge in [-0.25, -0.2) is 0 Å². The van der Waals surface area contributed by atoms with Crippen LogP contribution in [0.1, 0.15) is 15.2 Å². The molecule has 0 fully saturated rings. The summed E-state index contributed by atoms with van der Waals surface area (Å²) in [7, 11) is 0. The molecule has 1 amide bonds. The second-order valence-electron chi connectivity index (χ2n) is 3.28. The quantitative estimate of drug-likeness (QED) is 0.900. The Morgan fingerprint density at radius 1 is 1.41 bits per heavy atom. The van der Waals surface area contributed by atoms with Crippen molar-refractivity contribution < 1.29 is 4.79 Å². The van der Waals surface area contributed by atoms with Crippen LogP contribution < -0.4 is 5.32 Å². The summed E-state index contributed by atoms with van der Waals surface area (Å²) < 4.78 is 0. The fraction of sp³-hybridized carbons (Fsp3) is 0. The van der Waals surface area contributed by atoms with Crippen molar-refractivity contribution in [3.05, 3.63) is 51.2 Å². The number of carbonyl (C=O) groups excluding carboxylic acids is 1. The first-order chi connectivity index (χ1) is 8.19. The highest BCUT2D eigenvalue weighted by Crippen LogP contribution is 2.20. The second-order valence-corrected chi connectivity index (χ2v) is 4.62. The Bertz CT molecular complexity index is 601. The fourth-order valence-electron chi connectivity index (χ4n) is 1.29. The summed E-state index contributed by atoms with van der Waals surface area (Å²) in [5.41, 5.74) is 1.10. The summed E-state index contributed by atoms with van der Waals surface area (Å²) in [6.07, 6.45) is 0. The summed E-state index contributed by atoms with van der Waals surface area (Å²) in [6, 6.07) is 10.4. The van der Waals surface area contributed by atoms with E-state index in [1.54, 1.807) is 35.7 Å². The normalized spacial score (nSPS) is 9.65. The molecule has 0 spiro atoms. The number of thiophene rings is 1. The third kappa shape index (κ3) is 2.84. The summed E-state index contributed by atoms with van der Waals surface area (Å²) >= 11 is 7.02. The first-order valence-corrected chi connectivity index (χ1v) is 6.00. The maximum Gasteiger partial charge on any atom is 0.265 e. The van der Waals surface area contributed by atoms with Crippen molar-refractivity contribution in [1.29, 1.82) is 5.26 Å². The number of nitrogens with zero attached hydrogens (tertiary/aromatic N) is 1. The van der Waals surface area contributed by atoms with Crippen molar-refractivity contribution in [3.63, 3.8) is 0 Å². The van der Waals surface area contributed by atoms with Crippen LogP contribution >= 0.6 is 22.9 Å². The zero-order chi connectivity index (χ0) is 12.3. The molecule has 1 heterocycles. The summed E-state index contributed by atoms with van der Waals surface area (Å²) in [5, 5.41) is 13.7. The number of hydrogen-bond acceptors (Lipinski definition) is 3. The number of anilines is 1. The number of benzene rings is 1. The van der Waals surface area contributed by atoms with Crippen LogP contribution in [0.3, 0.4) is 0 Å². The van der Waals surface area contributed by atoms with Crippen molar-refractivity contribution in [1.82, 2.24) is 0 Å². The predicted octanol–water partition coefficient (Wildman–Crippen LogP) is 3.53. The average molecular weight is 263 g/mol. The van der Waals surface area contributed by atoms with Crippen LogP contribution in [0.4, 0.5) is 5.69 Å². The Hall–Kier alpha value is -1.83. The van der Waals surface area contributed by atoms with E-state index in [-0.39, 0.29) is 5.91 Å². The smallest absolute Gasteiger partial charge is 0.265 e. The van der Waals surface area contributed by atoms with E-state index in [2.05, 4.69) is 5.32 Å². The molecule has 0 atom stereocenters. The molecule has 5 heteroatoms. The van der Waals surface area contributed by atoms with Crippen molar-refractivity contribution >= 4 is 34.5 Å². The van der Waals surface area contributed by atoms with Crippen molar-refractivity contribution in [3.8, 4) is 6.07 Å². The largest absolute Gasteiger partial charge is 0.321 e. The van der Waals surface area contributed by atoms with E-state index in [1.807, 2.05) is 6.07 Å². The minimum Gasteiger partial charge on any atom is -0.321 e. The lowest BCUT2D eigenvalue weighted by molar-refractivity contribution is 0.103. The molecule has 3 nitrogen and oxygen atoms in total. The number of carbonyl (C=O) groups is 1. The molecule has 2 rings (SSSR count). The highest BCUT2D eigenvalue weighted by atomic mass is 35.5. The Morgan fingerprint density at radius 3 is 2.88 bits per heavy atom. The number of nitriles is 1. The molecule has 0 bridgehead atoms. The molecule has 0 radical (unpaired) electrons. The van der Waals surface area contributed by atoms with Gasteiger partial charge in [0, 0.05) is 11.1 Å². The van der Waals surface area contributed by atoms with Crippen LogP contribution in [0, 0.1) is 11.3 Å². The third-order valence-electron chi connectivity index (χ3n) is 2.04. The zero-order valence-electron chi connectivity index (χ0n) is 8.61. The molecule has 2 aromatic rings. The van der Waals surface area contributed by atoms with Gasteiger partial charge in [-0.1, -0.05) is 17.7 Å². The molecule has 1 aromatic heterocycles. The van der Waals surface area contributed by atoms with Gasteiger partial charge in [-0.3, -0.25) is 4.79 Å². The minimum absolute atomic E-state index is 0.225. The molecular formula is C12H7ClN2OS. The topological polar surface area (TPSA) is 52.9 Å². The SMILES string of the molecule is N#Cc1cccc(NC(=O)c2cc(Cl)cs2)c1. The molecule has 84 valence electrons. The maximum atomic E-state index is 11.8. The molecule has 0 saturated carbocycles. The number of halogens is 1. The van der Waals surface area contributed by atoms with E-state index in [9.17, 15) is 4.79 Å². The minimum atomic E-state index is -0.225. The van der Waals surface area contributed by atoms with Gasteiger partial charge in [-0.15, -0.1) is 11.3 Å². The summed E-state index contributed by atoms with van der Waals surface area (Å²) in [5.74, 6) is -0.225. The lowest BCUT2D eigenvalue weighted by atomic mass is 10.2. The van der Waals surface area contributed by atoms with Gasteiger partial charge in [0.1, 0.15) is 0 Å². The van der Waals surface area contributed by atoms with Gasteiger partial charge in [0.05, 0.1) is 21.5 Å². The lowest BCUT2D eigenvalue weighted by Gasteiger charge is -2.03. The molecule has 0 aliphatic heterocycles. The molecule has 1 aromatic carbocycles. The Morgan fingerprint density at radius 2 is 2.24 bits per heavy atom. The van der Waals surface area contributed by atoms with Gasteiger partial charge in [-0.05, 0) is 24.3 Å². The molecule has 1 N–H and O–H groups in total. The Labute approximate surface area is 107 Å². The van der Waals surface area contributed by atoms with E-state index in [0.29, 0.717) is 21.2 Å². The fourth-order valence-corrected chi connectivity index (χ4v) is 2.26. The highest BCUT2D eigenvalue weighted by Gasteiger charge is 2.08. The van der Waals surface area contributed by atoms with E-state index in [0.717, 1.165) is 0 Å². The zero-order valence-corrected chi connectivity index (χ0v) is 10.2. The van der Waals surface area contributed by atoms with E-state index in [4.69, 9.17) is 16.9 Å². The number of nitrogens with one attached hydrogen (secondary N) is 1. The molecule has 0 aliphatic rings. The van der Waals surface area contributed by atoms with Gasteiger partial charge in [0.25, 0.3) is 5.91 Å².